The lowest BCUT2D eigenvalue weighted by Crippen LogP contribution is -2.20. The molecule has 17 heavy (non-hydrogen) atoms. The van der Waals surface area contributed by atoms with Crippen molar-refractivity contribution >= 4 is 17.5 Å². The molecule has 4 N–H and O–H groups in total. The van der Waals surface area contributed by atoms with Crippen molar-refractivity contribution < 1.29 is 9.90 Å². The molecule has 1 unspecified atom stereocenters. The summed E-state index contributed by atoms with van der Waals surface area (Å²) < 4.78 is 0. The number of anilines is 2. The number of pyridine rings is 1. The number of rotatable bonds is 6. The van der Waals surface area contributed by atoms with Gasteiger partial charge in [0.05, 0.1) is 11.3 Å². The molecule has 1 atom stereocenters. The average Bonchev–Trinajstić information content (AvgIpc) is 2.30. The second kappa shape index (κ2) is 6.08. The Morgan fingerprint density at radius 3 is 2.82 bits per heavy atom. The number of carbonyl (C=O) groups is 1. The van der Waals surface area contributed by atoms with E-state index in [0.29, 0.717) is 5.82 Å². The topological polar surface area (TPSA) is 88.2 Å². The molecule has 0 amide bonds. The van der Waals surface area contributed by atoms with Crippen molar-refractivity contribution in [2.45, 2.75) is 39.2 Å². The van der Waals surface area contributed by atoms with Gasteiger partial charge in [-0.2, -0.15) is 0 Å². The Kier molecular flexibility index (Phi) is 4.75. The molecule has 1 heterocycles. The van der Waals surface area contributed by atoms with E-state index < -0.39 is 5.97 Å². The van der Waals surface area contributed by atoms with Crippen molar-refractivity contribution in [2.75, 3.05) is 11.1 Å². The van der Waals surface area contributed by atoms with Gasteiger partial charge in [0.2, 0.25) is 0 Å². The van der Waals surface area contributed by atoms with Gasteiger partial charge in [0.25, 0.3) is 0 Å². The zero-order valence-corrected chi connectivity index (χ0v) is 10.2. The van der Waals surface area contributed by atoms with E-state index in [2.05, 4.69) is 24.1 Å². The first-order valence-corrected chi connectivity index (χ1v) is 5.84. The minimum Gasteiger partial charge on any atom is -0.478 e. The van der Waals surface area contributed by atoms with Crippen molar-refractivity contribution in [2.24, 2.45) is 0 Å². The normalized spacial score (nSPS) is 12.1. The Balaban J connectivity index is 2.91. The average molecular weight is 237 g/mol. The zero-order chi connectivity index (χ0) is 12.8. The maximum Gasteiger partial charge on any atom is 0.337 e. The number of nitrogens with two attached hydrogens (primary N) is 1. The lowest BCUT2D eigenvalue weighted by atomic mass is 10.1. The summed E-state index contributed by atoms with van der Waals surface area (Å²) in [6, 6.07) is 1.68. The molecule has 5 heteroatoms. The minimum atomic E-state index is -1.03. The highest BCUT2D eigenvalue weighted by Crippen LogP contribution is 2.22. The Labute approximate surface area is 101 Å². The van der Waals surface area contributed by atoms with Crippen LogP contribution in [0.5, 0.6) is 0 Å². The lowest BCUT2D eigenvalue weighted by molar-refractivity contribution is 0.0698. The molecule has 5 nitrogen and oxygen atoms in total. The maximum atomic E-state index is 10.9. The molecule has 0 fully saturated rings. The Hall–Kier alpha value is -1.78. The van der Waals surface area contributed by atoms with Crippen molar-refractivity contribution in [3.63, 3.8) is 0 Å². The number of nitrogen functional groups attached to an aromatic ring is 1. The third-order valence-electron chi connectivity index (χ3n) is 2.69. The Bertz CT molecular complexity index is 393. The van der Waals surface area contributed by atoms with E-state index in [1.165, 1.54) is 12.3 Å². The summed E-state index contributed by atoms with van der Waals surface area (Å²) in [5.41, 5.74) is 6.07. The zero-order valence-electron chi connectivity index (χ0n) is 10.2. The van der Waals surface area contributed by atoms with Crippen LogP contribution in [0.3, 0.4) is 0 Å². The molecule has 0 aliphatic carbocycles. The van der Waals surface area contributed by atoms with Gasteiger partial charge in [-0.25, -0.2) is 9.78 Å². The highest BCUT2D eigenvalue weighted by atomic mass is 16.4. The second-order valence-electron chi connectivity index (χ2n) is 3.96. The number of carboxylic acid groups (broad SMARTS) is 1. The van der Waals surface area contributed by atoms with E-state index in [1.54, 1.807) is 0 Å². The molecule has 0 spiro atoms. The van der Waals surface area contributed by atoms with Crippen molar-refractivity contribution in [3.05, 3.63) is 17.8 Å². The van der Waals surface area contributed by atoms with E-state index >= 15 is 0 Å². The van der Waals surface area contributed by atoms with Crippen molar-refractivity contribution in [1.82, 2.24) is 4.98 Å². The van der Waals surface area contributed by atoms with Crippen molar-refractivity contribution in [3.8, 4) is 0 Å². The van der Waals surface area contributed by atoms with Crippen LogP contribution >= 0.6 is 0 Å². The highest BCUT2D eigenvalue weighted by molar-refractivity contribution is 5.96. The lowest BCUT2D eigenvalue weighted by Gasteiger charge is -2.18. The predicted molar refractivity (Wildman–Crippen MR) is 68.2 cm³/mol. The van der Waals surface area contributed by atoms with E-state index in [0.717, 1.165) is 19.3 Å². The standard InChI is InChI=1S/C12H19N3O2/c1-3-5-8(4-2)15-11-10(13)9(12(16)17)6-7-14-11/h6-8H,3-5,13H2,1-2H3,(H,14,15)(H,16,17). The monoisotopic (exact) mass is 237 g/mol. The fourth-order valence-corrected chi connectivity index (χ4v) is 1.69. The van der Waals surface area contributed by atoms with Gasteiger partial charge in [-0.1, -0.05) is 20.3 Å². The summed E-state index contributed by atoms with van der Waals surface area (Å²) in [5.74, 6) is -0.568. The molecule has 0 radical (unpaired) electrons. The van der Waals surface area contributed by atoms with Gasteiger partial charge in [-0.05, 0) is 18.9 Å². The van der Waals surface area contributed by atoms with Crippen LogP contribution < -0.4 is 11.1 Å². The van der Waals surface area contributed by atoms with Gasteiger partial charge in [-0.15, -0.1) is 0 Å². The number of carboxylic acids is 1. The maximum absolute atomic E-state index is 10.9. The molecule has 0 bridgehead atoms. The molecule has 1 aromatic rings. The van der Waals surface area contributed by atoms with Crippen LogP contribution in [0.1, 0.15) is 43.5 Å². The molecule has 0 aliphatic rings. The van der Waals surface area contributed by atoms with Crippen LogP contribution in [0.2, 0.25) is 0 Å². The first kappa shape index (κ1) is 13.3. The summed E-state index contributed by atoms with van der Waals surface area (Å²) in [7, 11) is 0. The van der Waals surface area contributed by atoms with Gasteiger partial charge in [-0.3, -0.25) is 0 Å². The SMILES string of the molecule is CCCC(CC)Nc1nccc(C(=O)O)c1N. The fourth-order valence-electron chi connectivity index (χ4n) is 1.69. The molecule has 1 aromatic heterocycles. The second-order valence-corrected chi connectivity index (χ2v) is 3.96. The summed E-state index contributed by atoms with van der Waals surface area (Å²) in [6.07, 6.45) is 4.48. The van der Waals surface area contributed by atoms with Gasteiger partial charge in [0, 0.05) is 12.2 Å². The first-order valence-electron chi connectivity index (χ1n) is 5.84. The fraction of sp³-hybridized carbons (Fsp3) is 0.500. The molecule has 0 aromatic carbocycles. The van der Waals surface area contributed by atoms with Crippen molar-refractivity contribution in [1.29, 1.82) is 0 Å². The van der Waals surface area contributed by atoms with E-state index in [1.807, 2.05) is 0 Å². The summed E-state index contributed by atoms with van der Waals surface area (Å²) in [4.78, 5) is 15.0. The molecular weight excluding hydrogens is 218 g/mol. The number of nitrogens with zero attached hydrogens (tertiary/aromatic N) is 1. The largest absolute Gasteiger partial charge is 0.478 e. The number of hydrogen-bond donors (Lipinski definition) is 3. The minimum absolute atomic E-state index is 0.0915. The summed E-state index contributed by atoms with van der Waals surface area (Å²) in [6.45, 7) is 4.18. The van der Waals surface area contributed by atoms with Crippen LogP contribution in [-0.2, 0) is 0 Å². The van der Waals surface area contributed by atoms with Crippen LogP contribution in [0.4, 0.5) is 11.5 Å². The number of aromatic nitrogens is 1. The molecule has 0 saturated heterocycles. The Morgan fingerprint density at radius 1 is 1.59 bits per heavy atom. The van der Waals surface area contributed by atoms with Crippen LogP contribution in [0, 0.1) is 0 Å². The third kappa shape index (κ3) is 3.34. The summed E-state index contributed by atoms with van der Waals surface area (Å²) >= 11 is 0. The molecule has 0 saturated carbocycles. The van der Waals surface area contributed by atoms with Gasteiger partial charge in [0.1, 0.15) is 5.82 Å². The number of aromatic carboxylic acids is 1. The summed E-state index contributed by atoms with van der Waals surface area (Å²) in [5, 5.41) is 12.1. The number of nitrogens with one attached hydrogen (secondary N) is 1. The number of hydrogen-bond acceptors (Lipinski definition) is 4. The smallest absolute Gasteiger partial charge is 0.337 e. The van der Waals surface area contributed by atoms with E-state index in [9.17, 15) is 4.79 Å². The first-order chi connectivity index (χ1) is 8.10. The van der Waals surface area contributed by atoms with Gasteiger partial charge in [0.15, 0.2) is 0 Å². The Morgan fingerprint density at radius 2 is 2.29 bits per heavy atom. The highest BCUT2D eigenvalue weighted by Gasteiger charge is 2.14. The quantitative estimate of drug-likeness (QED) is 0.706. The molecule has 94 valence electrons. The van der Waals surface area contributed by atoms with Crippen LogP contribution in [0.15, 0.2) is 12.3 Å². The molecule has 1 rings (SSSR count). The van der Waals surface area contributed by atoms with Gasteiger partial charge < -0.3 is 16.2 Å². The molecular formula is C12H19N3O2. The predicted octanol–water partition coefficient (Wildman–Crippen LogP) is 2.35. The van der Waals surface area contributed by atoms with Crippen LogP contribution in [-0.4, -0.2) is 22.1 Å². The van der Waals surface area contributed by atoms with Gasteiger partial charge >= 0.3 is 5.97 Å². The third-order valence-corrected chi connectivity index (χ3v) is 2.69. The van der Waals surface area contributed by atoms with Crippen LogP contribution in [0.25, 0.3) is 0 Å². The van der Waals surface area contributed by atoms with E-state index in [-0.39, 0.29) is 17.3 Å². The van der Waals surface area contributed by atoms with E-state index in [4.69, 9.17) is 10.8 Å². The molecule has 0 aliphatic heterocycles.